The van der Waals surface area contributed by atoms with Crippen LogP contribution < -0.4 is 5.32 Å². The van der Waals surface area contributed by atoms with Gasteiger partial charge in [-0.15, -0.1) is 5.10 Å². The molecule has 2 aliphatic rings. The van der Waals surface area contributed by atoms with E-state index in [-0.39, 0.29) is 11.2 Å². The van der Waals surface area contributed by atoms with Gasteiger partial charge in [0.1, 0.15) is 6.04 Å². The van der Waals surface area contributed by atoms with Gasteiger partial charge in [0.15, 0.2) is 5.78 Å². The third kappa shape index (κ3) is 4.39. The molecule has 0 saturated heterocycles. The third-order valence-electron chi connectivity index (χ3n) is 6.42. The van der Waals surface area contributed by atoms with Crippen LogP contribution in [0.2, 0.25) is 10.0 Å². The molecule has 1 N–H and O–H groups in total. The lowest BCUT2D eigenvalue weighted by atomic mass is 9.73. The molecule has 1 aromatic heterocycles. The van der Waals surface area contributed by atoms with Gasteiger partial charge >= 0.3 is 0 Å². The SMILES string of the molecule is Cc1ccc(CSc2nc3n(n2)[C@@H](c2ccc(Cl)cc2Cl)C2=C(CC(C)(C)CC2=O)N3)c(C)c1. The summed E-state index contributed by atoms with van der Waals surface area (Å²) in [6.07, 6.45) is 1.24. The van der Waals surface area contributed by atoms with E-state index in [0.29, 0.717) is 33.1 Å². The Labute approximate surface area is 213 Å². The maximum absolute atomic E-state index is 13.4. The minimum Gasteiger partial charge on any atom is -0.328 e. The molecule has 0 unspecified atom stereocenters. The van der Waals surface area contributed by atoms with Crippen molar-refractivity contribution in [2.45, 2.75) is 57.5 Å². The van der Waals surface area contributed by atoms with E-state index in [1.165, 1.54) is 16.7 Å². The lowest BCUT2D eigenvalue weighted by Gasteiger charge is -2.38. The van der Waals surface area contributed by atoms with Gasteiger partial charge in [0, 0.05) is 39.1 Å². The summed E-state index contributed by atoms with van der Waals surface area (Å²) in [5.74, 6) is 1.50. The van der Waals surface area contributed by atoms with E-state index in [1.807, 2.05) is 6.07 Å². The van der Waals surface area contributed by atoms with Crippen LogP contribution in [0.15, 0.2) is 52.8 Å². The van der Waals surface area contributed by atoms with Crippen molar-refractivity contribution in [3.63, 3.8) is 0 Å². The van der Waals surface area contributed by atoms with Crippen LogP contribution in [0.5, 0.6) is 0 Å². The first-order valence-corrected chi connectivity index (χ1v) is 13.0. The molecule has 34 heavy (non-hydrogen) atoms. The van der Waals surface area contributed by atoms with E-state index in [0.717, 1.165) is 23.4 Å². The van der Waals surface area contributed by atoms with Crippen molar-refractivity contribution in [2.75, 3.05) is 5.32 Å². The maximum Gasteiger partial charge on any atom is 0.227 e. The average Bonchev–Trinajstić information content (AvgIpc) is 3.13. The first-order chi connectivity index (χ1) is 16.1. The van der Waals surface area contributed by atoms with Crippen LogP contribution in [0.3, 0.4) is 0 Å². The predicted octanol–water partition coefficient (Wildman–Crippen LogP) is 7.15. The molecule has 0 radical (unpaired) electrons. The number of anilines is 1. The van der Waals surface area contributed by atoms with E-state index in [2.05, 4.69) is 51.2 Å². The number of benzene rings is 2. The van der Waals surface area contributed by atoms with Gasteiger partial charge < -0.3 is 5.32 Å². The number of Topliss-reactive ketones (excluding diaryl/α,β-unsaturated/α-hetero) is 1. The molecule has 1 atom stereocenters. The molecule has 176 valence electrons. The van der Waals surface area contributed by atoms with Gasteiger partial charge in [-0.25, -0.2) is 4.68 Å². The van der Waals surface area contributed by atoms with Gasteiger partial charge in [0.05, 0.1) is 0 Å². The average molecular weight is 513 g/mol. The first-order valence-electron chi connectivity index (χ1n) is 11.2. The lowest BCUT2D eigenvalue weighted by molar-refractivity contribution is -0.118. The number of aromatic nitrogens is 3. The molecule has 1 aliphatic carbocycles. The zero-order chi connectivity index (χ0) is 24.2. The fourth-order valence-electron chi connectivity index (χ4n) is 4.81. The van der Waals surface area contributed by atoms with E-state index in [4.69, 9.17) is 33.3 Å². The van der Waals surface area contributed by atoms with Crippen LogP contribution in [-0.2, 0) is 10.5 Å². The van der Waals surface area contributed by atoms with Gasteiger partial charge in [-0.3, -0.25) is 4.79 Å². The largest absolute Gasteiger partial charge is 0.328 e. The molecule has 0 spiro atoms. The van der Waals surface area contributed by atoms with Gasteiger partial charge in [-0.05, 0) is 48.9 Å². The van der Waals surface area contributed by atoms with E-state index in [1.54, 1.807) is 28.6 Å². The highest BCUT2D eigenvalue weighted by Crippen LogP contribution is 2.47. The number of aryl methyl sites for hydroxylation is 2. The molecule has 5 nitrogen and oxygen atoms in total. The molecule has 5 rings (SSSR count). The highest BCUT2D eigenvalue weighted by molar-refractivity contribution is 7.98. The molecule has 1 aliphatic heterocycles. The van der Waals surface area contributed by atoms with Crippen LogP contribution in [-0.4, -0.2) is 20.5 Å². The van der Waals surface area contributed by atoms with Crippen molar-refractivity contribution in [2.24, 2.45) is 5.41 Å². The smallest absolute Gasteiger partial charge is 0.227 e. The number of carbonyl (C=O) groups is 1. The summed E-state index contributed by atoms with van der Waals surface area (Å²) < 4.78 is 1.80. The lowest BCUT2D eigenvalue weighted by Crippen LogP contribution is -2.36. The summed E-state index contributed by atoms with van der Waals surface area (Å²) in [6.45, 7) is 8.45. The van der Waals surface area contributed by atoms with Crippen LogP contribution in [0.4, 0.5) is 5.95 Å². The Morgan fingerprint density at radius 2 is 1.94 bits per heavy atom. The van der Waals surface area contributed by atoms with Crippen molar-refractivity contribution in [3.8, 4) is 0 Å². The predicted molar refractivity (Wildman–Crippen MR) is 139 cm³/mol. The van der Waals surface area contributed by atoms with E-state index < -0.39 is 6.04 Å². The second-order valence-corrected chi connectivity index (χ2v) is 11.7. The summed E-state index contributed by atoms with van der Waals surface area (Å²) in [5.41, 5.74) is 6.05. The number of carbonyl (C=O) groups excluding carboxylic acids is 1. The van der Waals surface area contributed by atoms with E-state index >= 15 is 0 Å². The highest BCUT2D eigenvalue weighted by Gasteiger charge is 2.42. The number of nitrogens with zero attached hydrogens (tertiary/aromatic N) is 3. The molecule has 0 amide bonds. The molecule has 8 heteroatoms. The van der Waals surface area contributed by atoms with Crippen molar-refractivity contribution in [3.05, 3.63) is 80.0 Å². The number of allylic oxidation sites excluding steroid dienone is 2. The number of ketones is 1. The Morgan fingerprint density at radius 3 is 2.68 bits per heavy atom. The third-order valence-corrected chi connectivity index (χ3v) is 7.87. The first kappa shape index (κ1) is 23.5. The monoisotopic (exact) mass is 512 g/mol. The number of thioether (sulfide) groups is 1. The van der Waals surface area contributed by atoms with Crippen molar-refractivity contribution >= 4 is 46.7 Å². The Bertz CT molecular complexity index is 1340. The Hall–Kier alpha value is -2.28. The zero-order valence-corrected chi connectivity index (χ0v) is 21.9. The normalized spacial score (nSPS) is 19.0. The Morgan fingerprint density at radius 1 is 1.15 bits per heavy atom. The van der Waals surface area contributed by atoms with E-state index in [9.17, 15) is 4.79 Å². The maximum atomic E-state index is 13.4. The minimum absolute atomic E-state index is 0.111. The van der Waals surface area contributed by atoms with Crippen LogP contribution in [0.25, 0.3) is 0 Å². The number of halogens is 2. The number of hydrogen-bond donors (Lipinski definition) is 1. The molecule has 2 heterocycles. The van der Waals surface area contributed by atoms with Crippen LogP contribution >= 0.6 is 35.0 Å². The molecule has 0 fully saturated rings. The van der Waals surface area contributed by atoms with Crippen molar-refractivity contribution in [1.82, 2.24) is 14.8 Å². The summed E-state index contributed by atoms with van der Waals surface area (Å²) in [4.78, 5) is 18.2. The van der Waals surface area contributed by atoms with Crippen molar-refractivity contribution in [1.29, 1.82) is 0 Å². The molecular formula is C26H26Cl2N4OS. The molecular weight excluding hydrogens is 487 g/mol. The molecule has 0 bridgehead atoms. The fourth-order valence-corrected chi connectivity index (χ4v) is 6.23. The number of nitrogens with one attached hydrogen (secondary N) is 1. The molecule has 3 aromatic rings. The second-order valence-electron chi connectivity index (χ2n) is 9.91. The zero-order valence-electron chi connectivity index (χ0n) is 19.6. The standard InChI is InChI=1S/C26H26Cl2N4OS/c1-14-5-6-16(15(2)9-14)13-34-25-30-24-29-20-11-26(3,4)12-21(33)22(20)23(32(24)31-25)18-8-7-17(27)10-19(18)28/h5-10,23H,11-13H2,1-4H3,(H,29,30,31)/t23-/m0/s1. The summed E-state index contributed by atoms with van der Waals surface area (Å²) >= 11 is 14.4. The quantitative estimate of drug-likeness (QED) is 0.376. The molecule has 2 aromatic carbocycles. The second kappa shape index (κ2) is 8.74. The van der Waals surface area contributed by atoms with Crippen molar-refractivity contribution < 1.29 is 4.79 Å². The Kier molecular flexibility index (Phi) is 6.03. The molecule has 0 saturated carbocycles. The summed E-state index contributed by atoms with van der Waals surface area (Å²) in [7, 11) is 0. The van der Waals surface area contributed by atoms with Crippen LogP contribution in [0, 0.1) is 19.3 Å². The minimum atomic E-state index is -0.442. The van der Waals surface area contributed by atoms with Gasteiger partial charge in [-0.1, -0.05) is 78.6 Å². The highest BCUT2D eigenvalue weighted by atomic mass is 35.5. The number of fused-ring (bicyclic) bond motifs is 1. The number of rotatable bonds is 4. The van der Waals surface area contributed by atoms with Gasteiger partial charge in [-0.2, -0.15) is 4.98 Å². The number of hydrogen-bond acceptors (Lipinski definition) is 5. The van der Waals surface area contributed by atoms with Crippen LogP contribution in [0.1, 0.15) is 55.0 Å². The van der Waals surface area contributed by atoms with Gasteiger partial charge in [0.2, 0.25) is 11.1 Å². The Balaban J connectivity index is 1.54. The van der Waals surface area contributed by atoms with Gasteiger partial charge in [0.25, 0.3) is 0 Å². The summed E-state index contributed by atoms with van der Waals surface area (Å²) in [6, 6.07) is 11.4. The summed E-state index contributed by atoms with van der Waals surface area (Å²) in [5, 5.41) is 9.96. The topological polar surface area (TPSA) is 59.8 Å². The fraction of sp³-hybridized carbons (Fsp3) is 0.346.